The maximum atomic E-state index is 13.7. The Morgan fingerprint density at radius 1 is 0.758 bits per heavy atom. The quantitative estimate of drug-likeness (QED) is 0.338. The fraction of sp³-hybridized carbons (Fsp3) is 0.185. The number of rotatable bonds is 6. The fourth-order valence-corrected chi connectivity index (χ4v) is 4.83. The molecule has 0 unspecified atom stereocenters. The SMILES string of the molecule is O=C(N/C(C(=O)N1CCCCC1)=C(/Sc1ccc(Cl)cc1)c1ccccc1)c1ccccc1. The molecule has 2 amide bonds. The largest absolute Gasteiger partial charge is 0.337 e. The molecule has 33 heavy (non-hydrogen) atoms. The third kappa shape index (κ3) is 6.06. The summed E-state index contributed by atoms with van der Waals surface area (Å²) in [6, 6.07) is 26.1. The molecule has 4 nitrogen and oxygen atoms in total. The first-order valence-electron chi connectivity index (χ1n) is 11.0. The summed E-state index contributed by atoms with van der Waals surface area (Å²) in [4.78, 5) is 30.4. The summed E-state index contributed by atoms with van der Waals surface area (Å²) in [6.45, 7) is 1.38. The molecule has 1 aliphatic heterocycles. The van der Waals surface area contributed by atoms with Gasteiger partial charge in [-0.15, -0.1) is 0 Å². The van der Waals surface area contributed by atoms with Crippen LogP contribution in [-0.2, 0) is 4.79 Å². The third-order valence-electron chi connectivity index (χ3n) is 5.43. The molecule has 3 aromatic carbocycles. The van der Waals surface area contributed by atoms with E-state index in [4.69, 9.17) is 11.6 Å². The molecule has 1 aliphatic rings. The minimum absolute atomic E-state index is 0.153. The molecule has 0 radical (unpaired) electrons. The summed E-state index contributed by atoms with van der Waals surface area (Å²) in [6.07, 6.45) is 3.05. The molecule has 0 saturated carbocycles. The number of amides is 2. The molecule has 1 heterocycles. The van der Waals surface area contributed by atoms with E-state index in [1.807, 2.05) is 77.7 Å². The van der Waals surface area contributed by atoms with E-state index >= 15 is 0 Å². The molecule has 1 saturated heterocycles. The van der Waals surface area contributed by atoms with Crippen LogP contribution in [0.3, 0.4) is 0 Å². The number of thioether (sulfide) groups is 1. The van der Waals surface area contributed by atoms with Crippen LogP contribution in [0.2, 0.25) is 5.02 Å². The van der Waals surface area contributed by atoms with Gasteiger partial charge in [-0.1, -0.05) is 71.9 Å². The van der Waals surface area contributed by atoms with Crippen molar-refractivity contribution in [2.45, 2.75) is 24.2 Å². The average Bonchev–Trinajstić information content (AvgIpc) is 2.88. The number of carbonyl (C=O) groups excluding carboxylic acids is 2. The number of piperidine rings is 1. The zero-order chi connectivity index (χ0) is 23.0. The van der Waals surface area contributed by atoms with Crippen LogP contribution in [0.5, 0.6) is 0 Å². The van der Waals surface area contributed by atoms with Crippen LogP contribution < -0.4 is 5.32 Å². The summed E-state index contributed by atoms with van der Waals surface area (Å²) in [5.74, 6) is -0.458. The van der Waals surface area contributed by atoms with Crippen molar-refractivity contribution in [3.63, 3.8) is 0 Å². The first-order valence-corrected chi connectivity index (χ1v) is 12.2. The topological polar surface area (TPSA) is 49.4 Å². The van der Waals surface area contributed by atoms with Gasteiger partial charge in [0, 0.05) is 33.5 Å². The zero-order valence-corrected chi connectivity index (χ0v) is 19.7. The van der Waals surface area contributed by atoms with Gasteiger partial charge in [0.2, 0.25) is 0 Å². The number of hydrogen-bond acceptors (Lipinski definition) is 3. The zero-order valence-electron chi connectivity index (χ0n) is 18.2. The third-order valence-corrected chi connectivity index (χ3v) is 6.83. The Kier molecular flexibility index (Phi) is 7.87. The number of carbonyl (C=O) groups is 2. The van der Waals surface area contributed by atoms with Crippen molar-refractivity contribution in [3.05, 3.63) is 107 Å². The molecule has 3 aromatic rings. The van der Waals surface area contributed by atoms with E-state index in [2.05, 4.69) is 5.32 Å². The van der Waals surface area contributed by atoms with E-state index in [0.29, 0.717) is 34.3 Å². The second-order valence-corrected chi connectivity index (χ2v) is 9.32. The van der Waals surface area contributed by atoms with Crippen molar-refractivity contribution < 1.29 is 9.59 Å². The highest BCUT2D eigenvalue weighted by molar-refractivity contribution is 8.08. The van der Waals surface area contributed by atoms with Gasteiger partial charge in [-0.2, -0.15) is 0 Å². The van der Waals surface area contributed by atoms with Gasteiger partial charge in [0.05, 0.1) is 0 Å². The summed E-state index contributed by atoms with van der Waals surface area (Å²) in [5.41, 5.74) is 1.67. The fourth-order valence-electron chi connectivity index (χ4n) is 3.70. The van der Waals surface area contributed by atoms with Gasteiger partial charge >= 0.3 is 0 Å². The van der Waals surface area contributed by atoms with Gasteiger partial charge in [-0.3, -0.25) is 9.59 Å². The van der Waals surface area contributed by atoms with Crippen molar-refractivity contribution >= 4 is 40.1 Å². The average molecular weight is 477 g/mol. The number of nitrogens with zero attached hydrogens (tertiary/aromatic N) is 1. The van der Waals surface area contributed by atoms with Gasteiger partial charge in [0.25, 0.3) is 11.8 Å². The van der Waals surface area contributed by atoms with E-state index < -0.39 is 0 Å². The van der Waals surface area contributed by atoms with Gasteiger partial charge in [0.1, 0.15) is 5.70 Å². The summed E-state index contributed by atoms with van der Waals surface area (Å²) >= 11 is 7.52. The molecule has 4 rings (SSSR count). The van der Waals surface area contributed by atoms with E-state index in [-0.39, 0.29) is 11.8 Å². The molecule has 168 valence electrons. The van der Waals surface area contributed by atoms with E-state index in [1.165, 1.54) is 11.8 Å². The maximum absolute atomic E-state index is 13.7. The lowest BCUT2D eigenvalue weighted by Crippen LogP contribution is -2.41. The van der Waals surface area contributed by atoms with Crippen LogP contribution in [0.25, 0.3) is 4.91 Å². The van der Waals surface area contributed by atoms with Crippen molar-refractivity contribution in [3.8, 4) is 0 Å². The lowest BCUT2D eigenvalue weighted by atomic mass is 10.1. The Balaban J connectivity index is 1.80. The molecular weight excluding hydrogens is 452 g/mol. The van der Waals surface area contributed by atoms with Crippen LogP contribution >= 0.6 is 23.4 Å². The minimum Gasteiger partial charge on any atom is -0.337 e. The number of halogens is 1. The van der Waals surface area contributed by atoms with Crippen molar-refractivity contribution in [1.82, 2.24) is 10.2 Å². The monoisotopic (exact) mass is 476 g/mol. The Labute approximate surface area is 203 Å². The Hall–Kier alpha value is -3.02. The number of benzene rings is 3. The summed E-state index contributed by atoms with van der Waals surface area (Å²) < 4.78 is 0. The van der Waals surface area contributed by atoms with Gasteiger partial charge < -0.3 is 10.2 Å². The van der Waals surface area contributed by atoms with Gasteiger partial charge in [-0.25, -0.2) is 0 Å². The van der Waals surface area contributed by atoms with E-state index in [1.54, 1.807) is 12.1 Å². The summed E-state index contributed by atoms with van der Waals surface area (Å²) in [5, 5.41) is 3.61. The summed E-state index contributed by atoms with van der Waals surface area (Å²) in [7, 11) is 0. The predicted molar refractivity (Wildman–Crippen MR) is 135 cm³/mol. The lowest BCUT2D eigenvalue weighted by Gasteiger charge is -2.29. The van der Waals surface area contributed by atoms with E-state index in [9.17, 15) is 9.59 Å². The minimum atomic E-state index is -0.305. The smallest absolute Gasteiger partial charge is 0.271 e. The highest BCUT2D eigenvalue weighted by Gasteiger charge is 2.26. The van der Waals surface area contributed by atoms with Crippen molar-refractivity contribution in [2.24, 2.45) is 0 Å². The highest BCUT2D eigenvalue weighted by atomic mass is 35.5. The van der Waals surface area contributed by atoms with Crippen LogP contribution in [0, 0.1) is 0 Å². The van der Waals surface area contributed by atoms with Crippen LogP contribution in [0.1, 0.15) is 35.2 Å². The van der Waals surface area contributed by atoms with Crippen LogP contribution in [0.15, 0.2) is 95.5 Å². The first-order chi connectivity index (χ1) is 16.1. The van der Waals surface area contributed by atoms with Crippen molar-refractivity contribution in [1.29, 1.82) is 0 Å². The van der Waals surface area contributed by atoms with E-state index in [0.717, 1.165) is 29.7 Å². The van der Waals surface area contributed by atoms with Gasteiger partial charge in [-0.05, 0) is 61.2 Å². The maximum Gasteiger partial charge on any atom is 0.271 e. The number of likely N-dealkylation sites (tertiary alicyclic amines) is 1. The highest BCUT2D eigenvalue weighted by Crippen LogP contribution is 2.37. The molecule has 0 spiro atoms. The molecule has 0 aromatic heterocycles. The van der Waals surface area contributed by atoms with Crippen molar-refractivity contribution in [2.75, 3.05) is 13.1 Å². The normalized spacial score (nSPS) is 14.4. The molecule has 0 atom stereocenters. The number of nitrogens with one attached hydrogen (secondary N) is 1. The standard InChI is InChI=1S/C27H25ClN2O2S/c28-22-14-16-23(17-15-22)33-25(20-10-4-1-5-11-20)24(27(32)30-18-8-3-9-19-30)29-26(31)21-12-6-2-7-13-21/h1-2,4-7,10-17H,3,8-9,18-19H2,(H,29,31)/b25-24+. The molecule has 0 aliphatic carbocycles. The second-order valence-electron chi connectivity index (χ2n) is 7.80. The van der Waals surface area contributed by atoms with Gasteiger partial charge in [0.15, 0.2) is 0 Å². The molecule has 1 fully saturated rings. The Morgan fingerprint density at radius 2 is 1.33 bits per heavy atom. The molecule has 6 heteroatoms. The van der Waals surface area contributed by atoms with Crippen LogP contribution in [0.4, 0.5) is 0 Å². The lowest BCUT2D eigenvalue weighted by molar-refractivity contribution is -0.128. The number of hydrogen-bond donors (Lipinski definition) is 1. The predicted octanol–water partition coefficient (Wildman–Crippen LogP) is 6.24. The molecular formula is C27H25ClN2O2S. The molecule has 0 bridgehead atoms. The molecule has 1 N–H and O–H groups in total. The first kappa shape index (κ1) is 23.1. The Morgan fingerprint density at radius 3 is 1.94 bits per heavy atom. The van der Waals surface area contributed by atoms with Crippen LogP contribution in [-0.4, -0.2) is 29.8 Å². The Bertz CT molecular complexity index is 1130. The second kappa shape index (κ2) is 11.2.